The van der Waals surface area contributed by atoms with E-state index in [1.807, 2.05) is 0 Å². The number of benzene rings is 2. The summed E-state index contributed by atoms with van der Waals surface area (Å²) < 4.78 is 0. The number of carbonyl (C=O) groups is 1. The zero-order chi connectivity index (χ0) is 16.3. The zero-order valence-corrected chi connectivity index (χ0v) is 12.5. The molecule has 2 N–H and O–H groups in total. The first-order valence-electron chi connectivity index (χ1n) is 6.08. The van der Waals surface area contributed by atoms with E-state index in [1.54, 1.807) is 12.1 Å². The summed E-state index contributed by atoms with van der Waals surface area (Å²) in [5.74, 6) is -1.26. The van der Waals surface area contributed by atoms with Crippen molar-refractivity contribution < 1.29 is 14.8 Å². The van der Waals surface area contributed by atoms with Crippen LogP contribution in [-0.2, 0) is 4.79 Å². The first-order chi connectivity index (χ1) is 10.4. The molecule has 6 nitrogen and oxygen atoms in total. The van der Waals surface area contributed by atoms with Crippen molar-refractivity contribution in [1.29, 1.82) is 0 Å². The van der Waals surface area contributed by atoms with Crippen molar-refractivity contribution in [2.75, 3.05) is 5.32 Å². The van der Waals surface area contributed by atoms with Crippen molar-refractivity contribution in [3.63, 3.8) is 0 Å². The van der Waals surface area contributed by atoms with E-state index in [0.29, 0.717) is 0 Å². The highest BCUT2D eigenvalue weighted by Crippen LogP contribution is 2.34. The van der Waals surface area contributed by atoms with Crippen molar-refractivity contribution in [2.45, 2.75) is 6.04 Å². The first-order valence-corrected chi connectivity index (χ1v) is 6.84. The SMILES string of the molecule is O=C(O)[C@@H](Nc1ccccc1[N+](=O)[O-])c1c(Cl)cccc1Cl. The van der Waals surface area contributed by atoms with Crippen LogP contribution in [0, 0.1) is 10.1 Å². The predicted octanol–water partition coefficient (Wildman–Crippen LogP) is 4.14. The van der Waals surface area contributed by atoms with Gasteiger partial charge >= 0.3 is 5.97 Å². The van der Waals surface area contributed by atoms with E-state index >= 15 is 0 Å². The fraction of sp³-hybridized carbons (Fsp3) is 0.0714. The van der Waals surface area contributed by atoms with E-state index in [2.05, 4.69) is 5.32 Å². The number of hydrogen-bond donors (Lipinski definition) is 2. The summed E-state index contributed by atoms with van der Waals surface area (Å²) in [7, 11) is 0. The molecule has 2 aromatic carbocycles. The van der Waals surface area contributed by atoms with Crippen molar-refractivity contribution in [3.8, 4) is 0 Å². The molecule has 0 spiro atoms. The first kappa shape index (κ1) is 16.1. The van der Waals surface area contributed by atoms with E-state index in [-0.39, 0.29) is 27.0 Å². The van der Waals surface area contributed by atoms with Gasteiger partial charge in [0.2, 0.25) is 0 Å². The summed E-state index contributed by atoms with van der Waals surface area (Å²) in [6, 6.07) is 9.00. The molecule has 0 radical (unpaired) electrons. The zero-order valence-electron chi connectivity index (χ0n) is 11.0. The average molecular weight is 341 g/mol. The Morgan fingerprint density at radius 2 is 1.73 bits per heavy atom. The molecule has 114 valence electrons. The van der Waals surface area contributed by atoms with Crippen LogP contribution in [0.1, 0.15) is 11.6 Å². The molecule has 0 amide bonds. The maximum absolute atomic E-state index is 11.5. The molecule has 2 aromatic rings. The monoisotopic (exact) mass is 340 g/mol. The molecule has 0 aliphatic carbocycles. The minimum atomic E-state index is -1.32. The molecule has 0 heterocycles. The lowest BCUT2D eigenvalue weighted by atomic mass is 10.1. The van der Waals surface area contributed by atoms with Gasteiger partial charge in [-0.05, 0) is 18.2 Å². The summed E-state index contributed by atoms with van der Waals surface area (Å²) >= 11 is 12.0. The number of nitrogens with zero attached hydrogens (tertiary/aromatic N) is 1. The van der Waals surface area contributed by atoms with Crippen LogP contribution in [0.5, 0.6) is 0 Å². The van der Waals surface area contributed by atoms with Gasteiger partial charge in [-0.2, -0.15) is 0 Å². The van der Waals surface area contributed by atoms with Gasteiger partial charge in [0.05, 0.1) is 4.92 Å². The van der Waals surface area contributed by atoms with Gasteiger partial charge in [0.1, 0.15) is 5.69 Å². The molecule has 0 aliphatic heterocycles. The average Bonchev–Trinajstić information content (AvgIpc) is 2.46. The van der Waals surface area contributed by atoms with Crippen LogP contribution in [0.4, 0.5) is 11.4 Å². The number of hydrogen-bond acceptors (Lipinski definition) is 4. The molecule has 22 heavy (non-hydrogen) atoms. The van der Waals surface area contributed by atoms with Crippen molar-refractivity contribution in [2.24, 2.45) is 0 Å². The smallest absolute Gasteiger partial charge is 0.330 e. The summed E-state index contributed by atoms with van der Waals surface area (Å²) in [6.45, 7) is 0. The Morgan fingerprint density at radius 1 is 1.14 bits per heavy atom. The number of rotatable bonds is 5. The molecular weight excluding hydrogens is 331 g/mol. The number of nitro benzene ring substituents is 1. The fourth-order valence-electron chi connectivity index (χ4n) is 1.95. The molecule has 0 aromatic heterocycles. The summed E-state index contributed by atoms with van der Waals surface area (Å²) in [5, 5.41) is 23.4. The van der Waals surface area contributed by atoms with Crippen LogP contribution >= 0.6 is 23.2 Å². The van der Waals surface area contributed by atoms with Gasteiger partial charge in [0.25, 0.3) is 5.69 Å². The van der Waals surface area contributed by atoms with Crippen LogP contribution in [0.25, 0.3) is 0 Å². The highest BCUT2D eigenvalue weighted by molar-refractivity contribution is 6.36. The second kappa shape index (κ2) is 6.64. The topological polar surface area (TPSA) is 92.5 Å². The summed E-state index contributed by atoms with van der Waals surface area (Å²) in [6.07, 6.45) is 0. The molecule has 0 aliphatic rings. The number of halogens is 2. The van der Waals surface area contributed by atoms with E-state index < -0.39 is 16.9 Å². The molecule has 2 rings (SSSR count). The third-order valence-electron chi connectivity index (χ3n) is 2.94. The number of para-hydroxylation sites is 2. The Labute approximate surface area is 135 Å². The van der Waals surface area contributed by atoms with E-state index in [4.69, 9.17) is 23.2 Å². The number of nitro groups is 1. The lowest BCUT2D eigenvalue weighted by Crippen LogP contribution is -2.21. The van der Waals surface area contributed by atoms with Gasteiger partial charge in [-0.15, -0.1) is 0 Å². The molecule has 1 atom stereocenters. The molecule has 0 bridgehead atoms. The fourth-order valence-corrected chi connectivity index (χ4v) is 2.57. The van der Waals surface area contributed by atoms with E-state index in [0.717, 1.165) is 0 Å². The predicted molar refractivity (Wildman–Crippen MR) is 83.6 cm³/mol. The third kappa shape index (κ3) is 3.29. The second-order valence-corrected chi connectivity index (χ2v) is 5.14. The molecule has 0 unspecified atom stereocenters. The van der Waals surface area contributed by atoms with Gasteiger partial charge in [0.15, 0.2) is 6.04 Å². The standard InChI is InChI=1S/C14H10Cl2N2O4/c15-8-4-3-5-9(16)12(8)13(14(19)20)17-10-6-1-2-7-11(10)18(21)22/h1-7,13,17H,(H,19,20)/t13-/m0/s1. The van der Waals surface area contributed by atoms with Gasteiger partial charge < -0.3 is 10.4 Å². The normalized spacial score (nSPS) is 11.7. The number of nitrogens with one attached hydrogen (secondary N) is 1. The number of carboxylic acid groups (broad SMARTS) is 1. The maximum atomic E-state index is 11.5. The molecular formula is C14H10Cl2N2O4. The minimum absolute atomic E-state index is 0.0656. The summed E-state index contributed by atoms with van der Waals surface area (Å²) in [4.78, 5) is 21.9. The lowest BCUT2D eigenvalue weighted by Gasteiger charge is -2.18. The lowest BCUT2D eigenvalue weighted by molar-refractivity contribution is -0.384. The second-order valence-electron chi connectivity index (χ2n) is 4.33. The summed E-state index contributed by atoms with van der Waals surface area (Å²) in [5.41, 5.74) is -0.0238. The Bertz CT molecular complexity index is 716. The minimum Gasteiger partial charge on any atom is -0.479 e. The van der Waals surface area contributed by atoms with Crippen LogP contribution < -0.4 is 5.32 Å². The Hall–Kier alpha value is -2.31. The van der Waals surface area contributed by atoms with Gasteiger partial charge in [-0.25, -0.2) is 4.79 Å². The van der Waals surface area contributed by atoms with Crippen molar-refractivity contribution >= 4 is 40.5 Å². The number of anilines is 1. The quantitative estimate of drug-likeness (QED) is 0.630. The van der Waals surface area contributed by atoms with Crippen molar-refractivity contribution in [3.05, 3.63) is 68.2 Å². The van der Waals surface area contributed by atoms with Crippen LogP contribution in [0.3, 0.4) is 0 Å². The van der Waals surface area contributed by atoms with Gasteiger partial charge in [0, 0.05) is 21.7 Å². The Morgan fingerprint density at radius 3 is 2.27 bits per heavy atom. The maximum Gasteiger partial charge on any atom is 0.330 e. The highest BCUT2D eigenvalue weighted by atomic mass is 35.5. The number of aliphatic carboxylic acids is 1. The van der Waals surface area contributed by atoms with Crippen LogP contribution in [0.2, 0.25) is 10.0 Å². The van der Waals surface area contributed by atoms with Crippen molar-refractivity contribution in [1.82, 2.24) is 0 Å². The molecule has 0 saturated heterocycles. The van der Waals surface area contributed by atoms with Gasteiger partial charge in [-0.3, -0.25) is 10.1 Å². The highest BCUT2D eigenvalue weighted by Gasteiger charge is 2.27. The third-order valence-corrected chi connectivity index (χ3v) is 3.60. The Kier molecular flexibility index (Phi) is 4.85. The largest absolute Gasteiger partial charge is 0.479 e. The van der Waals surface area contributed by atoms with E-state index in [9.17, 15) is 20.0 Å². The Balaban J connectivity index is 2.48. The number of carboxylic acids is 1. The molecule has 8 heteroatoms. The molecule has 0 fully saturated rings. The van der Waals surface area contributed by atoms with E-state index in [1.165, 1.54) is 30.3 Å². The van der Waals surface area contributed by atoms with Crippen LogP contribution in [0.15, 0.2) is 42.5 Å². The van der Waals surface area contributed by atoms with Crippen LogP contribution in [-0.4, -0.2) is 16.0 Å². The molecule has 0 saturated carbocycles. The van der Waals surface area contributed by atoms with Gasteiger partial charge in [-0.1, -0.05) is 41.4 Å².